The zero-order chi connectivity index (χ0) is 18.1. The maximum Gasteiger partial charge on any atom is 0.163 e. The number of carbonyl (C=O) groups excluding carboxylic acids is 1. The molecule has 0 spiro atoms. The van der Waals surface area contributed by atoms with E-state index in [0.29, 0.717) is 12.2 Å². The summed E-state index contributed by atoms with van der Waals surface area (Å²) in [7, 11) is 0. The third-order valence-corrected chi connectivity index (χ3v) is 6.16. The molecule has 1 aliphatic heterocycles. The minimum atomic E-state index is 0.151. The largest absolute Gasteiger partial charge is 0.294 e. The molecule has 0 bridgehead atoms. The first-order chi connectivity index (χ1) is 12.6. The molecule has 132 valence electrons. The Morgan fingerprint density at radius 3 is 2.46 bits per heavy atom. The molecule has 2 nitrogen and oxygen atoms in total. The lowest BCUT2D eigenvalue weighted by molar-refractivity contribution is 0.0871. The Morgan fingerprint density at radius 1 is 0.962 bits per heavy atom. The van der Waals surface area contributed by atoms with Gasteiger partial charge >= 0.3 is 0 Å². The lowest BCUT2D eigenvalue weighted by atomic mass is 9.67. The van der Waals surface area contributed by atoms with Gasteiger partial charge < -0.3 is 0 Å². The second-order valence-electron chi connectivity index (χ2n) is 7.57. The molecular formula is C24H25NO. The van der Waals surface area contributed by atoms with Crippen LogP contribution in [0.2, 0.25) is 0 Å². The van der Waals surface area contributed by atoms with Crippen molar-refractivity contribution in [2.45, 2.75) is 46.0 Å². The van der Waals surface area contributed by atoms with Crippen LogP contribution in [0.25, 0.3) is 5.70 Å². The van der Waals surface area contributed by atoms with Crippen LogP contribution in [0.15, 0.2) is 59.6 Å². The molecule has 26 heavy (non-hydrogen) atoms. The lowest BCUT2D eigenvalue weighted by Crippen LogP contribution is -2.31. The first kappa shape index (κ1) is 17.0. The van der Waals surface area contributed by atoms with Crippen molar-refractivity contribution in [3.8, 4) is 0 Å². The molecule has 0 saturated heterocycles. The smallest absolute Gasteiger partial charge is 0.163 e. The summed E-state index contributed by atoms with van der Waals surface area (Å²) >= 11 is 0. The van der Waals surface area contributed by atoms with Crippen LogP contribution >= 0.6 is 0 Å². The Bertz CT molecular complexity index is 901. The highest BCUT2D eigenvalue weighted by atomic mass is 16.1. The molecule has 0 aromatic heterocycles. The van der Waals surface area contributed by atoms with Crippen LogP contribution < -0.4 is 0 Å². The number of hydrogen-bond acceptors (Lipinski definition) is 2. The summed E-state index contributed by atoms with van der Waals surface area (Å²) in [6.45, 7) is 4.42. The second-order valence-corrected chi connectivity index (χ2v) is 7.57. The standard InChI is InChI=1S/C24H25NO/c1-3-24(4-2)15-19-11-10-18(14-20(19)23(26)16-24)22-13-12-21(25-22)17-8-6-5-7-9-17/h5-12,14H,3-4,13,15-16H2,1-2H3. The third-order valence-electron chi connectivity index (χ3n) is 6.16. The van der Waals surface area contributed by atoms with Crippen molar-refractivity contribution in [3.63, 3.8) is 0 Å². The van der Waals surface area contributed by atoms with Gasteiger partial charge in [0, 0.05) is 18.4 Å². The molecule has 0 saturated carbocycles. The van der Waals surface area contributed by atoms with Gasteiger partial charge in [0.15, 0.2) is 5.78 Å². The van der Waals surface area contributed by atoms with Crippen LogP contribution in [0.1, 0.15) is 66.6 Å². The summed E-state index contributed by atoms with van der Waals surface area (Å²) < 4.78 is 0. The molecule has 1 heterocycles. The number of carbonyl (C=O) groups is 1. The molecule has 2 aromatic carbocycles. The number of aliphatic imine (C=N–C) groups is 1. The zero-order valence-corrected chi connectivity index (χ0v) is 15.6. The van der Waals surface area contributed by atoms with Crippen molar-refractivity contribution in [1.29, 1.82) is 0 Å². The quantitative estimate of drug-likeness (QED) is 0.684. The Morgan fingerprint density at radius 2 is 1.73 bits per heavy atom. The maximum absolute atomic E-state index is 12.8. The van der Waals surface area contributed by atoms with Crippen molar-refractivity contribution >= 4 is 17.2 Å². The summed E-state index contributed by atoms with van der Waals surface area (Å²) in [5, 5.41) is 0. The van der Waals surface area contributed by atoms with E-state index in [-0.39, 0.29) is 5.41 Å². The second kappa shape index (κ2) is 6.68. The highest BCUT2D eigenvalue weighted by Crippen LogP contribution is 2.41. The van der Waals surface area contributed by atoms with Gasteiger partial charge in [-0.05, 0) is 47.4 Å². The van der Waals surface area contributed by atoms with Crippen molar-refractivity contribution < 1.29 is 4.79 Å². The highest BCUT2D eigenvalue weighted by Gasteiger charge is 2.35. The van der Waals surface area contributed by atoms with E-state index in [1.54, 1.807) is 0 Å². The van der Waals surface area contributed by atoms with E-state index in [2.05, 4.69) is 50.3 Å². The van der Waals surface area contributed by atoms with Crippen LogP contribution in [-0.2, 0) is 6.42 Å². The molecule has 0 atom stereocenters. The number of rotatable bonds is 4. The molecule has 2 aromatic rings. The Balaban J connectivity index is 1.63. The summed E-state index contributed by atoms with van der Waals surface area (Å²) in [5.41, 5.74) is 6.59. The van der Waals surface area contributed by atoms with Gasteiger partial charge in [-0.1, -0.05) is 62.4 Å². The molecule has 0 N–H and O–H groups in total. The topological polar surface area (TPSA) is 29.4 Å². The van der Waals surface area contributed by atoms with Crippen LogP contribution in [0, 0.1) is 5.41 Å². The van der Waals surface area contributed by atoms with E-state index in [9.17, 15) is 4.79 Å². The van der Waals surface area contributed by atoms with Gasteiger partial charge in [0.25, 0.3) is 0 Å². The molecule has 0 unspecified atom stereocenters. The number of hydrogen-bond donors (Lipinski definition) is 0. The van der Waals surface area contributed by atoms with Crippen LogP contribution in [0.3, 0.4) is 0 Å². The molecule has 0 radical (unpaired) electrons. The van der Waals surface area contributed by atoms with Gasteiger partial charge in [-0.2, -0.15) is 0 Å². The normalized spacial score (nSPS) is 18.3. The van der Waals surface area contributed by atoms with E-state index in [4.69, 9.17) is 4.99 Å². The van der Waals surface area contributed by atoms with E-state index in [0.717, 1.165) is 53.8 Å². The minimum absolute atomic E-state index is 0.151. The van der Waals surface area contributed by atoms with Gasteiger partial charge in [-0.3, -0.25) is 9.79 Å². The van der Waals surface area contributed by atoms with E-state index in [1.165, 1.54) is 5.56 Å². The monoisotopic (exact) mass is 343 g/mol. The van der Waals surface area contributed by atoms with Crippen molar-refractivity contribution in [1.82, 2.24) is 0 Å². The number of fused-ring (bicyclic) bond motifs is 1. The van der Waals surface area contributed by atoms with Gasteiger partial charge in [-0.15, -0.1) is 0 Å². The van der Waals surface area contributed by atoms with Gasteiger partial charge in [-0.25, -0.2) is 0 Å². The first-order valence-corrected chi connectivity index (χ1v) is 9.64. The molecule has 2 aliphatic rings. The predicted molar refractivity (Wildman–Crippen MR) is 108 cm³/mol. The average molecular weight is 343 g/mol. The minimum Gasteiger partial charge on any atom is -0.294 e. The summed E-state index contributed by atoms with van der Waals surface area (Å²) in [6.07, 6.45) is 6.81. The first-order valence-electron chi connectivity index (χ1n) is 9.64. The molecule has 1 aliphatic carbocycles. The Kier molecular flexibility index (Phi) is 4.36. The van der Waals surface area contributed by atoms with Crippen LogP contribution in [0.5, 0.6) is 0 Å². The van der Waals surface area contributed by atoms with Crippen molar-refractivity contribution in [2.75, 3.05) is 0 Å². The van der Waals surface area contributed by atoms with Crippen LogP contribution in [0.4, 0.5) is 0 Å². The van der Waals surface area contributed by atoms with Crippen molar-refractivity contribution in [3.05, 3.63) is 76.9 Å². The highest BCUT2D eigenvalue weighted by molar-refractivity contribution is 6.09. The molecule has 0 fully saturated rings. The fourth-order valence-corrected chi connectivity index (χ4v) is 4.23. The molecular weight excluding hydrogens is 318 g/mol. The molecule has 4 rings (SSSR count). The fourth-order valence-electron chi connectivity index (χ4n) is 4.23. The van der Waals surface area contributed by atoms with Gasteiger partial charge in [0.1, 0.15) is 0 Å². The van der Waals surface area contributed by atoms with E-state index in [1.807, 2.05) is 18.2 Å². The number of ketones is 1. The fraction of sp³-hybridized carbons (Fsp3) is 0.333. The van der Waals surface area contributed by atoms with Crippen molar-refractivity contribution in [2.24, 2.45) is 10.4 Å². The van der Waals surface area contributed by atoms with E-state index >= 15 is 0 Å². The molecule has 2 heteroatoms. The van der Waals surface area contributed by atoms with E-state index < -0.39 is 0 Å². The SMILES string of the molecule is CCC1(CC)CC(=O)c2cc(C3=NC(c4ccccc4)=CC3)ccc2C1. The zero-order valence-electron chi connectivity index (χ0n) is 15.6. The Labute approximate surface area is 155 Å². The summed E-state index contributed by atoms with van der Waals surface area (Å²) in [6, 6.07) is 16.6. The third kappa shape index (κ3) is 2.94. The molecule has 0 amide bonds. The van der Waals surface area contributed by atoms with Crippen LogP contribution in [-0.4, -0.2) is 11.5 Å². The number of allylic oxidation sites excluding steroid dienone is 1. The summed E-state index contributed by atoms with van der Waals surface area (Å²) in [4.78, 5) is 17.6. The summed E-state index contributed by atoms with van der Waals surface area (Å²) in [5.74, 6) is 0.298. The average Bonchev–Trinajstić information content (AvgIpc) is 3.18. The predicted octanol–water partition coefficient (Wildman–Crippen LogP) is 5.86. The van der Waals surface area contributed by atoms with Gasteiger partial charge in [0.05, 0.1) is 11.4 Å². The number of Topliss-reactive ketones (excluding diaryl/α,β-unsaturated/α-hetero) is 1. The Hall–Kier alpha value is -2.48. The number of nitrogens with zero attached hydrogens (tertiary/aromatic N) is 1. The van der Waals surface area contributed by atoms with Gasteiger partial charge in [0.2, 0.25) is 0 Å². The maximum atomic E-state index is 12.8. The number of benzene rings is 2. The lowest BCUT2D eigenvalue weighted by Gasteiger charge is -2.36.